The van der Waals surface area contributed by atoms with E-state index in [1.165, 1.54) is 11.8 Å². The molecular weight excluding hydrogens is 300 g/mol. The van der Waals surface area contributed by atoms with Gasteiger partial charge in [-0.3, -0.25) is 4.79 Å². The van der Waals surface area contributed by atoms with Crippen molar-refractivity contribution >= 4 is 44.8 Å². The number of rotatable bonds is 2. The molecule has 0 saturated heterocycles. The number of aromatic nitrogens is 1. The Morgan fingerprint density at radius 2 is 2.05 bits per heavy atom. The second-order valence-electron chi connectivity index (χ2n) is 4.62. The third kappa shape index (κ3) is 2.24. The molecule has 2 heterocycles. The maximum absolute atomic E-state index is 12.2. The Kier molecular flexibility index (Phi) is 3.02. The molecule has 0 saturated carbocycles. The van der Waals surface area contributed by atoms with Gasteiger partial charge in [-0.25, -0.2) is 4.98 Å². The quantitative estimate of drug-likeness (QED) is 0.706. The zero-order valence-corrected chi connectivity index (χ0v) is 12.5. The number of allylic oxidation sites excluding steroid dienone is 1. The predicted octanol–water partition coefficient (Wildman–Crippen LogP) is 4.54. The monoisotopic (exact) mass is 310 g/mol. The van der Waals surface area contributed by atoms with Crippen molar-refractivity contribution in [3.05, 3.63) is 64.6 Å². The second kappa shape index (κ2) is 5.02. The van der Waals surface area contributed by atoms with Gasteiger partial charge < -0.3 is 5.32 Å². The van der Waals surface area contributed by atoms with E-state index in [2.05, 4.69) is 10.3 Å². The van der Waals surface area contributed by atoms with Gasteiger partial charge in [-0.15, -0.1) is 11.3 Å². The fourth-order valence-corrected chi connectivity index (χ4v) is 3.87. The van der Waals surface area contributed by atoms with Gasteiger partial charge in [-0.2, -0.15) is 0 Å². The minimum Gasteiger partial charge on any atom is -0.360 e. The molecule has 2 aromatic carbocycles. The van der Waals surface area contributed by atoms with Gasteiger partial charge >= 0.3 is 0 Å². The highest BCUT2D eigenvalue weighted by molar-refractivity contribution is 8.04. The Morgan fingerprint density at radius 3 is 2.95 bits per heavy atom. The summed E-state index contributed by atoms with van der Waals surface area (Å²) in [6, 6.07) is 13.7. The van der Waals surface area contributed by atoms with Gasteiger partial charge in [0.1, 0.15) is 0 Å². The van der Waals surface area contributed by atoms with Gasteiger partial charge in [0.05, 0.1) is 20.6 Å². The Labute approximate surface area is 129 Å². The number of ketones is 1. The van der Waals surface area contributed by atoms with Gasteiger partial charge in [0.2, 0.25) is 5.78 Å². The summed E-state index contributed by atoms with van der Waals surface area (Å²) >= 11 is 3.12. The van der Waals surface area contributed by atoms with E-state index in [4.69, 9.17) is 0 Å². The number of thioether (sulfide) groups is 1. The summed E-state index contributed by atoms with van der Waals surface area (Å²) < 4.78 is 1.16. The molecule has 1 aliphatic heterocycles. The van der Waals surface area contributed by atoms with Crippen molar-refractivity contribution in [3.63, 3.8) is 0 Å². The number of carbonyl (C=O) groups is 1. The average molecular weight is 310 g/mol. The van der Waals surface area contributed by atoms with Crippen molar-refractivity contribution in [2.45, 2.75) is 4.90 Å². The molecule has 3 aromatic rings. The van der Waals surface area contributed by atoms with Crippen LogP contribution in [0.15, 0.2) is 64.0 Å². The van der Waals surface area contributed by atoms with Gasteiger partial charge in [0.25, 0.3) is 0 Å². The largest absolute Gasteiger partial charge is 0.360 e. The van der Waals surface area contributed by atoms with Crippen LogP contribution in [0.5, 0.6) is 0 Å². The van der Waals surface area contributed by atoms with Crippen LogP contribution in [-0.4, -0.2) is 10.8 Å². The average Bonchev–Trinajstić information content (AvgIpc) is 3.10. The number of thiazole rings is 1. The highest BCUT2D eigenvalue weighted by Crippen LogP contribution is 2.39. The Morgan fingerprint density at radius 1 is 1.14 bits per heavy atom. The lowest BCUT2D eigenvalue weighted by molar-refractivity contribution is 0.104. The molecule has 102 valence electrons. The first kappa shape index (κ1) is 12.6. The third-order valence-corrected chi connectivity index (χ3v) is 5.18. The van der Waals surface area contributed by atoms with E-state index in [1.54, 1.807) is 17.5 Å². The van der Waals surface area contributed by atoms with Crippen LogP contribution in [0.4, 0.5) is 5.69 Å². The van der Waals surface area contributed by atoms with Crippen LogP contribution in [0.3, 0.4) is 0 Å². The van der Waals surface area contributed by atoms with Gasteiger partial charge in [0.15, 0.2) is 0 Å². The van der Waals surface area contributed by atoms with E-state index >= 15 is 0 Å². The minimum absolute atomic E-state index is 0.0813. The smallest absolute Gasteiger partial charge is 0.202 e. The molecule has 1 aliphatic rings. The van der Waals surface area contributed by atoms with Crippen LogP contribution in [0.25, 0.3) is 10.2 Å². The van der Waals surface area contributed by atoms with Gasteiger partial charge in [-0.1, -0.05) is 23.9 Å². The van der Waals surface area contributed by atoms with E-state index in [9.17, 15) is 4.79 Å². The Balaban J connectivity index is 1.60. The van der Waals surface area contributed by atoms with Crippen LogP contribution in [0, 0.1) is 0 Å². The molecule has 0 aliphatic carbocycles. The number of nitrogens with zero attached hydrogens (tertiary/aromatic N) is 1. The Bertz CT molecular complexity index is 883. The first-order valence-electron chi connectivity index (χ1n) is 6.43. The zero-order chi connectivity index (χ0) is 14.2. The fourth-order valence-electron chi connectivity index (χ4n) is 2.23. The van der Waals surface area contributed by atoms with Crippen LogP contribution < -0.4 is 5.32 Å². The minimum atomic E-state index is 0.0813. The summed E-state index contributed by atoms with van der Waals surface area (Å²) in [4.78, 5) is 18.3. The molecule has 0 atom stereocenters. The third-order valence-electron chi connectivity index (χ3n) is 3.28. The molecule has 1 aromatic heterocycles. The van der Waals surface area contributed by atoms with Crippen LogP contribution in [-0.2, 0) is 0 Å². The standard InChI is InChI=1S/C16H10N2OS2/c19-16-11-3-1-2-4-13(11)21-15(16)8-17-10-5-6-14-12(7-10)18-9-20-14/h1-9,17H/b15-8-. The number of hydrogen-bond acceptors (Lipinski definition) is 5. The summed E-state index contributed by atoms with van der Waals surface area (Å²) in [7, 11) is 0. The maximum atomic E-state index is 12.2. The summed E-state index contributed by atoms with van der Waals surface area (Å²) in [5, 5.41) is 3.19. The number of anilines is 1. The van der Waals surface area contributed by atoms with Crippen LogP contribution in [0.2, 0.25) is 0 Å². The normalized spacial score (nSPS) is 15.6. The van der Waals surface area contributed by atoms with Crippen LogP contribution in [0.1, 0.15) is 10.4 Å². The zero-order valence-electron chi connectivity index (χ0n) is 10.9. The van der Waals surface area contributed by atoms with Crippen molar-refractivity contribution in [2.24, 2.45) is 0 Å². The molecule has 21 heavy (non-hydrogen) atoms. The van der Waals surface area contributed by atoms with Crippen LogP contribution >= 0.6 is 23.1 Å². The molecule has 0 unspecified atom stereocenters. The lowest BCUT2D eigenvalue weighted by Gasteiger charge is -2.01. The molecule has 0 spiro atoms. The summed E-state index contributed by atoms with van der Waals surface area (Å²) in [5.74, 6) is 0.0813. The number of carbonyl (C=O) groups excluding carboxylic acids is 1. The summed E-state index contributed by atoms with van der Waals surface area (Å²) in [6.07, 6.45) is 1.78. The molecule has 0 fully saturated rings. The second-order valence-corrected chi connectivity index (χ2v) is 6.59. The van der Waals surface area contributed by atoms with Crippen molar-refractivity contribution in [2.75, 3.05) is 5.32 Å². The van der Waals surface area contributed by atoms with Gasteiger partial charge in [0, 0.05) is 22.3 Å². The van der Waals surface area contributed by atoms with E-state index in [1.807, 2.05) is 48.0 Å². The Hall–Kier alpha value is -2.11. The predicted molar refractivity (Wildman–Crippen MR) is 88.0 cm³/mol. The molecule has 5 heteroatoms. The number of nitrogens with one attached hydrogen (secondary N) is 1. The molecule has 4 rings (SSSR count). The molecular formula is C16H10N2OS2. The lowest BCUT2D eigenvalue weighted by atomic mass is 10.1. The SMILES string of the molecule is O=C1/C(=C/Nc2ccc3scnc3c2)Sc2ccccc21. The van der Waals surface area contributed by atoms with E-state index in [0.717, 1.165) is 31.3 Å². The molecule has 0 amide bonds. The first-order valence-corrected chi connectivity index (χ1v) is 8.12. The molecule has 1 N–H and O–H groups in total. The summed E-state index contributed by atoms with van der Waals surface area (Å²) in [6.45, 7) is 0. The topological polar surface area (TPSA) is 42.0 Å². The summed E-state index contributed by atoms with van der Waals surface area (Å²) in [5.41, 5.74) is 4.52. The van der Waals surface area contributed by atoms with E-state index in [-0.39, 0.29) is 5.78 Å². The lowest BCUT2D eigenvalue weighted by Crippen LogP contribution is -1.97. The molecule has 0 bridgehead atoms. The highest BCUT2D eigenvalue weighted by Gasteiger charge is 2.24. The number of benzene rings is 2. The first-order chi connectivity index (χ1) is 10.3. The van der Waals surface area contributed by atoms with Gasteiger partial charge in [-0.05, 0) is 30.3 Å². The maximum Gasteiger partial charge on any atom is 0.202 e. The highest BCUT2D eigenvalue weighted by atomic mass is 32.2. The van der Waals surface area contributed by atoms with Crippen molar-refractivity contribution < 1.29 is 4.79 Å². The number of Topliss-reactive ketones (excluding diaryl/α,β-unsaturated/α-hetero) is 1. The number of hydrogen-bond donors (Lipinski definition) is 1. The van der Waals surface area contributed by atoms with Crippen molar-refractivity contribution in [1.82, 2.24) is 4.98 Å². The molecule has 3 nitrogen and oxygen atoms in total. The van der Waals surface area contributed by atoms with E-state index < -0.39 is 0 Å². The van der Waals surface area contributed by atoms with Crippen molar-refractivity contribution in [1.29, 1.82) is 0 Å². The fraction of sp³-hybridized carbons (Fsp3) is 0. The van der Waals surface area contributed by atoms with Crippen molar-refractivity contribution in [3.8, 4) is 0 Å². The van der Waals surface area contributed by atoms with E-state index in [0.29, 0.717) is 0 Å². The number of fused-ring (bicyclic) bond motifs is 2. The molecule has 0 radical (unpaired) electrons.